The summed E-state index contributed by atoms with van der Waals surface area (Å²) in [6.07, 6.45) is 0. The van der Waals surface area contributed by atoms with Crippen LogP contribution >= 0.6 is 0 Å². The zero-order valence-electron chi connectivity index (χ0n) is 16.6. The highest BCUT2D eigenvalue weighted by Gasteiger charge is 2.11. The summed E-state index contributed by atoms with van der Waals surface area (Å²) in [5, 5.41) is 19.7. The molecule has 0 radical (unpaired) electrons. The number of aromatic hydroxyl groups is 1. The van der Waals surface area contributed by atoms with Crippen LogP contribution in [0.1, 0.15) is 17.3 Å². The molecule has 0 aliphatic carbocycles. The van der Waals surface area contributed by atoms with Crippen LogP contribution in [0.25, 0.3) is 43.1 Å². The third-order valence-electron chi connectivity index (χ3n) is 5.66. The predicted octanol–water partition coefficient (Wildman–Crippen LogP) is 7.33. The Kier molecular flexibility index (Phi) is 4.33. The van der Waals surface area contributed by atoms with Crippen molar-refractivity contribution in [2.24, 2.45) is 0 Å². The number of Topliss-reactive ketones (excluding diaryl/α,β-unsaturated/α-hetero) is 1. The first-order chi connectivity index (χ1) is 14.6. The monoisotopic (exact) mass is 388 g/mol. The average Bonchev–Trinajstić information content (AvgIpc) is 2.78. The maximum Gasteiger partial charge on any atom is 0.159 e. The smallest absolute Gasteiger partial charge is 0.159 e. The maximum absolute atomic E-state index is 10.7. The van der Waals surface area contributed by atoms with Crippen molar-refractivity contribution in [3.8, 4) is 5.75 Å². The maximum atomic E-state index is 10.7. The summed E-state index contributed by atoms with van der Waals surface area (Å²) in [4.78, 5) is 10.7. The summed E-state index contributed by atoms with van der Waals surface area (Å²) in [6.45, 7) is 1.49. The van der Waals surface area contributed by atoms with Gasteiger partial charge < -0.3 is 5.11 Å². The molecule has 6 aromatic carbocycles. The third-order valence-corrected chi connectivity index (χ3v) is 5.66. The van der Waals surface area contributed by atoms with E-state index in [1.165, 1.54) is 62.1 Å². The second-order valence-electron chi connectivity index (χ2n) is 7.52. The van der Waals surface area contributed by atoms with E-state index in [1.807, 2.05) is 0 Å². The first-order valence-electron chi connectivity index (χ1n) is 9.98. The van der Waals surface area contributed by atoms with Crippen LogP contribution in [0, 0.1) is 0 Å². The number of carbonyl (C=O) groups excluding carboxylic acids is 1. The lowest BCUT2D eigenvalue weighted by atomic mass is 9.90. The largest absolute Gasteiger partial charge is 0.508 e. The van der Waals surface area contributed by atoms with Crippen LogP contribution in [0.2, 0.25) is 0 Å². The van der Waals surface area contributed by atoms with Crippen LogP contribution < -0.4 is 0 Å². The average molecular weight is 388 g/mol. The minimum atomic E-state index is 0.0139. The quantitative estimate of drug-likeness (QED) is 0.182. The molecule has 0 fully saturated rings. The number of rotatable bonds is 1. The van der Waals surface area contributed by atoms with Crippen molar-refractivity contribution in [2.45, 2.75) is 6.92 Å². The van der Waals surface area contributed by atoms with Gasteiger partial charge in [-0.3, -0.25) is 4.79 Å². The molecule has 2 heteroatoms. The fourth-order valence-corrected chi connectivity index (χ4v) is 4.28. The molecule has 1 N–H and O–H groups in total. The zero-order valence-corrected chi connectivity index (χ0v) is 16.6. The fourth-order valence-electron chi connectivity index (χ4n) is 4.28. The van der Waals surface area contributed by atoms with Gasteiger partial charge in [0, 0.05) is 5.56 Å². The Bertz CT molecular complexity index is 1340. The molecule has 0 saturated carbocycles. The highest BCUT2D eigenvalue weighted by molar-refractivity contribution is 6.32. The number of ketones is 1. The molecule has 2 nitrogen and oxygen atoms in total. The lowest BCUT2D eigenvalue weighted by Crippen LogP contribution is -1.89. The molecule has 0 atom stereocenters. The molecule has 0 spiro atoms. The number of hydrogen-bond acceptors (Lipinski definition) is 2. The van der Waals surface area contributed by atoms with Gasteiger partial charge in [-0.2, -0.15) is 0 Å². The second kappa shape index (κ2) is 7.16. The molecule has 0 aliphatic heterocycles. The van der Waals surface area contributed by atoms with E-state index in [4.69, 9.17) is 5.11 Å². The van der Waals surface area contributed by atoms with Gasteiger partial charge in [-0.15, -0.1) is 0 Å². The Balaban J connectivity index is 0.000000164. The normalized spacial score (nSPS) is 11.1. The number of phenolic OH excluding ortho intramolecular Hbond substituents is 1. The molecule has 144 valence electrons. The van der Waals surface area contributed by atoms with Gasteiger partial charge in [0.05, 0.1) is 0 Å². The molecule has 0 saturated heterocycles. The molecular formula is C28H20O2. The zero-order chi connectivity index (χ0) is 20.7. The highest BCUT2D eigenvalue weighted by Crippen LogP contribution is 2.39. The molecular weight excluding hydrogens is 368 g/mol. The molecule has 0 amide bonds. The molecule has 0 bridgehead atoms. The Morgan fingerprint density at radius 2 is 0.933 bits per heavy atom. The van der Waals surface area contributed by atoms with Gasteiger partial charge >= 0.3 is 0 Å². The number of phenols is 1. The van der Waals surface area contributed by atoms with Gasteiger partial charge in [-0.05, 0) is 74.3 Å². The van der Waals surface area contributed by atoms with E-state index in [-0.39, 0.29) is 11.5 Å². The van der Waals surface area contributed by atoms with E-state index in [2.05, 4.69) is 72.8 Å². The number of benzene rings is 6. The van der Waals surface area contributed by atoms with E-state index < -0.39 is 0 Å². The summed E-state index contributed by atoms with van der Waals surface area (Å²) in [5.41, 5.74) is 0.623. The van der Waals surface area contributed by atoms with Crippen LogP contribution in [-0.4, -0.2) is 10.9 Å². The van der Waals surface area contributed by atoms with Crippen molar-refractivity contribution in [1.82, 2.24) is 0 Å². The van der Waals surface area contributed by atoms with Gasteiger partial charge in [0.15, 0.2) is 5.78 Å². The van der Waals surface area contributed by atoms with E-state index in [0.29, 0.717) is 5.56 Å². The SMILES string of the molecule is CC(=O)c1ccc(O)cc1.c1cc2cccc3c4cccc5cccc(c(c1)c23)c54. The Morgan fingerprint density at radius 3 is 1.27 bits per heavy atom. The van der Waals surface area contributed by atoms with Gasteiger partial charge in [-0.1, -0.05) is 72.8 Å². The topological polar surface area (TPSA) is 37.3 Å². The van der Waals surface area contributed by atoms with Crippen molar-refractivity contribution >= 4 is 48.9 Å². The van der Waals surface area contributed by atoms with Crippen LogP contribution in [0.3, 0.4) is 0 Å². The summed E-state index contributed by atoms with van der Waals surface area (Å²) >= 11 is 0. The molecule has 30 heavy (non-hydrogen) atoms. The lowest BCUT2D eigenvalue weighted by Gasteiger charge is -2.13. The van der Waals surface area contributed by atoms with Crippen LogP contribution in [0.4, 0.5) is 0 Å². The fraction of sp³-hybridized carbons (Fsp3) is 0.0357. The summed E-state index contributed by atoms with van der Waals surface area (Å²) < 4.78 is 0. The second-order valence-corrected chi connectivity index (χ2v) is 7.52. The van der Waals surface area contributed by atoms with Gasteiger partial charge in [0.2, 0.25) is 0 Å². The predicted molar refractivity (Wildman–Crippen MR) is 126 cm³/mol. The van der Waals surface area contributed by atoms with Gasteiger partial charge in [-0.25, -0.2) is 0 Å². The third kappa shape index (κ3) is 2.94. The minimum absolute atomic E-state index is 0.0139. The van der Waals surface area contributed by atoms with E-state index in [1.54, 1.807) is 12.1 Å². The molecule has 0 aliphatic rings. The van der Waals surface area contributed by atoms with Crippen molar-refractivity contribution in [2.75, 3.05) is 0 Å². The summed E-state index contributed by atoms with van der Waals surface area (Å²) in [7, 11) is 0. The van der Waals surface area contributed by atoms with Crippen LogP contribution in [0.15, 0.2) is 97.1 Å². The minimum Gasteiger partial charge on any atom is -0.508 e. The summed E-state index contributed by atoms with van der Waals surface area (Å²) in [6, 6.07) is 32.6. The molecule has 6 rings (SSSR count). The number of carbonyl (C=O) groups is 1. The highest BCUT2D eigenvalue weighted by atomic mass is 16.3. The molecule has 0 heterocycles. The number of hydrogen-bond donors (Lipinski definition) is 1. The first-order valence-corrected chi connectivity index (χ1v) is 9.98. The van der Waals surface area contributed by atoms with E-state index in [0.717, 1.165) is 0 Å². The van der Waals surface area contributed by atoms with Crippen LogP contribution in [-0.2, 0) is 0 Å². The Labute approximate surface area is 174 Å². The van der Waals surface area contributed by atoms with Crippen molar-refractivity contribution in [3.05, 3.63) is 103 Å². The van der Waals surface area contributed by atoms with Crippen LogP contribution in [0.5, 0.6) is 5.75 Å². The van der Waals surface area contributed by atoms with Crippen molar-refractivity contribution in [1.29, 1.82) is 0 Å². The Morgan fingerprint density at radius 1 is 0.567 bits per heavy atom. The standard InChI is InChI=1S/C20H12.C8H8O2/c1-5-13-6-2-11-17-18-12-4-8-14-7-3-10-16(20(14)18)15(9-1)19(13)17;1-6(9)7-2-4-8(10)5-3-7/h1-12H;2-5,10H,1H3. The van der Waals surface area contributed by atoms with E-state index in [9.17, 15) is 4.79 Å². The molecule has 6 aromatic rings. The van der Waals surface area contributed by atoms with Gasteiger partial charge in [0.25, 0.3) is 0 Å². The molecule has 0 unspecified atom stereocenters. The van der Waals surface area contributed by atoms with Crippen molar-refractivity contribution < 1.29 is 9.90 Å². The van der Waals surface area contributed by atoms with Gasteiger partial charge in [0.1, 0.15) is 5.75 Å². The lowest BCUT2D eigenvalue weighted by molar-refractivity contribution is 0.101. The van der Waals surface area contributed by atoms with Crippen molar-refractivity contribution in [3.63, 3.8) is 0 Å². The summed E-state index contributed by atoms with van der Waals surface area (Å²) in [5.74, 6) is 0.199. The molecule has 0 aromatic heterocycles. The Hall–Kier alpha value is -3.91. The van der Waals surface area contributed by atoms with E-state index >= 15 is 0 Å². The number of fused-ring (bicyclic) bond motifs is 2. The first kappa shape index (κ1) is 18.1.